The Morgan fingerprint density at radius 1 is 0.472 bits per heavy atom. The average molecular weight is 491 g/mol. The maximum Gasteiger partial charge on any atom is -0.0132 e. The lowest BCUT2D eigenvalue weighted by atomic mass is 9.78. The van der Waals surface area contributed by atoms with Crippen LogP contribution in [0.15, 0.2) is 36.4 Å². The van der Waals surface area contributed by atoms with Gasteiger partial charge in [0.25, 0.3) is 0 Å². The Kier molecular flexibility index (Phi) is 11.8. The normalized spacial score (nSPS) is 14.2. The Labute approximate surface area is 225 Å². The summed E-state index contributed by atoms with van der Waals surface area (Å²) < 4.78 is 0. The van der Waals surface area contributed by atoms with Gasteiger partial charge >= 0.3 is 0 Å². The monoisotopic (exact) mass is 490 g/mol. The van der Waals surface area contributed by atoms with Crippen LogP contribution in [-0.4, -0.2) is 0 Å². The van der Waals surface area contributed by atoms with E-state index >= 15 is 0 Å². The van der Waals surface area contributed by atoms with Gasteiger partial charge in [0, 0.05) is 0 Å². The van der Waals surface area contributed by atoms with Crippen LogP contribution < -0.4 is 0 Å². The van der Waals surface area contributed by atoms with Gasteiger partial charge in [0.05, 0.1) is 0 Å². The van der Waals surface area contributed by atoms with E-state index in [1.54, 1.807) is 11.1 Å². The third-order valence-corrected chi connectivity index (χ3v) is 8.01. The van der Waals surface area contributed by atoms with Crippen molar-refractivity contribution in [3.63, 3.8) is 0 Å². The van der Waals surface area contributed by atoms with Crippen molar-refractivity contribution in [3.05, 3.63) is 58.7 Å². The van der Waals surface area contributed by atoms with E-state index in [0.29, 0.717) is 11.8 Å². The standard InChI is InChI=1S/C36H58/c1-11-15-19-27(17-13-3)29-21-31(25-33(23-29)35(5,6)7)32-22-30(24-34(26-32)36(8,9)10)28(18-14-4)20-16-12-2/h21-28H,11-20H2,1-10H3. The van der Waals surface area contributed by atoms with Crippen LogP contribution in [-0.2, 0) is 10.8 Å². The van der Waals surface area contributed by atoms with Crippen LogP contribution in [0, 0.1) is 0 Å². The lowest BCUT2D eigenvalue weighted by molar-refractivity contribution is 0.536. The Morgan fingerprint density at radius 3 is 1.11 bits per heavy atom. The molecule has 0 aromatic heterocycles. The highest BCUT2D eigenvalue weighted by Crippen LogP contribution is 2.39. The molecule has 0 aliphatic carbocycles. The lowest BCUT2D eigenvalue weighted by Gasteiger charge is -2.27. The molecule has 0 aliphatic heterocycles. The van der Waals surface area contributed by atoms with E-state index in [-0.39, 0.29) is 10.8 Å². The molecule has 2 unspecified atom stereocenters. The minimum Gasteiger partial charge on any atom is -0.0654 e. The molecule has 0 fully saturated rings. The second-order valence-corrected chi connectivity index (χ2v) is 13.4. The zero-order valence-electron chi connectivity index (χ0n) is 25.7. The van der Waals surface area contributed by atoms with Crippen molar-refractivity contribution < 1.29 is 0 Å². The van der Waals surface area contributed by atoms with Crippen LogP contribution in [0.25, 0.3) is 11.1 Å². The first kappa shape index (κ1) is 30.7. The molecule has 0 radical (unpaired) electrons. The third-order valence-electron chi connectivity index (χ3n) is 8.01. The molecule has 0 N–H and O–H groups in total. The quantitative estimate of drug-likeness (QED) is 0.262. The predicted octanol–water partition coefficient (Wildman–Crippen LogP) is 12.1. The molecular formula is C36H58. The van der Waals surface area contributed by atoms with Crippen LogP contribution in [0.5, 0.6) is 0 Å². The van der Waals surface area contributed by atoms with Gasteiger partial charge < -0.3 is 0 Å². The molecule has 0 amide bonds. The molecule has 202 valence electrons. The minimum absolute atomic E-state index is 0.141. The Balaban J connectivity index is 2.74. The number of unbranched alkanes of at least 4 members (excludes halogenated alkanes) is 2. The fourth-order valence-corrected chi connectivity index (χ4v) is 5.53. The molecule has 0 saturated heterocycles. The first-order chi connectivity index (χ1) is 16.9. The SMILES string of the molecule is CCCCC(CCC)c1cc(-c2cc(C(CCC)CCCC)cc(C(C)(C)C)c2)cc(C(C)(C)C)c1. The largest absolute Gasteiger partial charge is 0.0654 e. The highest BCUT2D eigenvalue weighted by atomic mass is 14.3. The summed E-state index contributed by atoms with van der Waals surface area (Å²) in [4.78, 5) is 0. The third kappa shape index (κ3) is 8.78. The highest BCUT2D eigenvalue weighted by Gasteiger charge is 2.22. The van der Waals surface area contributed by atoms with Gasteiger partial charge in [0.15, 0.2) is 0 Å². The molecule has 0 spiro atoms. The van der Waals surface area contributed by atoms with Gasteiger partial charge in [-0.05, 0) is 81.7 Å². The number of benzene rings is 2. The van der Waals surface area contributed by atoms with E-state index in [0.717, 1.165) is 0 Å². The summed E-state index contributed by atoms with van der Waals surface area (Å²) in [6.45, 7) is 23.6. The summed E-state index contributed by atoms with van der Waals surface area (Å²) >= 11 is 0. The van der Waals surface area contributed by atoms with Gasteiger partial charge in [0.2, 0.25) is 0 Å². The molecule has 2 aromatic carbocycles. The van der Waals surface area contributed by atoms with E-state index in [2.05, 4.69) is 106 Å². The Morgan fingerprint density at radius 2 is 0.833 bits per heavy atom. The second kappa shape index (κ2) is 13.8. The minimum atomic E-state index is 0.141. The van der Waals surface area contributed by atoms with Gasteiger partial charge in [-0.1, -0.05) is 144 Å². The molecule has 0 nitrogen and oxygen atoms in total. The molecule has 0 heterocycles. The molecule has 0 saturated carbocycles. The van der Waals surface area contributed by atoms with E-state index in [9.17, 15) is 0 Å². The Hall–Kier alpha value is -1.56. The van der Waals surface area contributed by atoms with Crippen molar-refractivity contribution in [3.8, 4) is 11.1 Å². The molecule has 2 aromatic rings. The summed E-state index contributed by atoms with van der Waals surface area (Å²) in [5.41, 5.74) is 9.21. The van der Waals surface area contributed by atoms with E-state index < -0.39 is 0 Å². The number of hydrogen-bond acceptors (Lipinski definition) is 0. The molecule has 0 heteroatoms. The maximum atomic E-state index is 2.55. The highest BCUT2D eigenvalue weighted by molar-refractivity contribution is 5.68. The average Bonchev–Trinajstić information content (AvgIpc) is 2.82. The fourth-order valence-electron chi connectivity index (χ4n) is 5.53. The first-order valence-corrected chi connectivity index (χ1v) is 15.3. The van der Waals surface area contributed by atoms with Crippen LogP contribution in [0.4, 0.5) is 0 Å². The zero-order chi connectivity index (χ0) is 26.9. The summed E-state index contributed by atoms with van der Waals surface area (Å²) in [5, 5.41) is 0. The molecule has 2 rings (SSSR count). The van der Waals surface area contributed by atoms with Crippen molar-refractivity contribution in [1.82, 2.24) is 0 Å². The zero-order valence-corrected chi connectivity index (χ0v) is 25.7. The maximum absolute atomic E-state index is 2.55. The smallest absolute Gasteiger partial charge is 0.0132 e. The van der Waals surface area contributed by atoms with Crippen LogP contribution in [0.2, 0.25) is 0 Å². The van der Waals surface area contributed by atoms with Crippen LogP contribution in [0.1, 0.15) is 168 Å². The van der Waals surface area contributed by atoms with E-state index in [4.69, 9.17) is 0 Å². The van der Waals surface area contributed by atoms with Crippen molar-refractivity contribution in [2.45, 2.75) is 156 Å². The molecule has 36 heavy (non-hydrogen) atoms. The van der Waals surface area contributed by atoms with Gasteiger partial charge in [-0.25, -0.2) is 0 Å². The van der Waals surface area contributed by atoms with E-state index in [1.807, 2.05) is 0 Å². The lowest BCUT2D eigenvalue weighted by Crippen LogP contribution is -2.14. The Bertz CT molecular complexity index is 841. The second-order valence-electron chi connectivity index (χ2n) is 13.4. The topological polar surface area (TPSA) is 0 Å². The fraction of sp³-hybridized carbons (Fsp3) is 0.667. The van der Waals surface area contributed by atoms with Crippen LogP contribution >= 0.6 is 0 Å². The van der Waals surface area contributed by atoms with Gasteiger partial charge in [-0.2, -0.15) is 0 Å². The predicted molar refractivity (Wildman–Crippen MR) is 164 cm³/mol. The number of hydrogen-bond donors (Lipinski definition) is 0. The summed E-state index contributed by atoms with van der Waals surface area (Å²) in [5.74, 6) is 1.33. The summed E-state index contributed by atoms with van der Waals surface area (Å²) in [7, 11) is 0. The van der Waals surface area contributed by atoms with Gasteiger partial charge in [0.1, 0.15) is 0 Å². The van der Waals surface area contributed by atoms with E-state index in [1.165, 1.54) is 86.5 Å². The number of rotatable bonds is 13. The molecule has 0 aliphatic rings. The molecule has 0 bridgehead atoms. The van der Waals surface area contributed by atoms with Crippen molar-refractivity contribution in [1.29, 1.82) is 0 Å². The van der Waals surface area contributed by atoms with Crippen molar-refractivity contribution >= 4 is 0 Å². The molecular weight excluding hydrogens is 432 g/mol. The van der Waals surface area contributed by atoms with Crippen molar-refractivity contribution in [2.75, 3.05) is 0 Å². The molecule has 2 atom stereocenters. The summed E-state index contributed by atoms with van der Waals surface area (Å²) in [6, 6.07) is 15.2. The first-order valence-electron chi connectivity index (χ1n) is 15.3. The van der Waals surface area contributed by atoms with Gasteiger partial charge in [-0.3, -0.25) is 0 Å². The van der Waals surface area contributed by atoms with Gasteiger partial charge in [-0.15, -0.1) is 0 Å². The van der Waals surface area contributed by atoms with Crippen LogP contribution in [0.3, 0.4) is 0 Å². The van der Waals surface area contributed by atoms with Crippen molar-refractivity contribution in [2.24, 2.45) is 0 Å². The summed E-state index contributed by atoms with van der Waals surface area (Å²) in [6.07, 6.45) is 12.9.